The maximum Gasteiger partial charge on any atom is 0.251 e. The van der Waals surface area contributed by atoms with E-state index in [4.69, 9.17) is 0 Å². The van der Waals surface area contributed by atoms with Crippen molar-refractivity contribution in [2.45, 2.75) is 51.5 Å². The Morgan fingerprint density at radius 1 is 1.20 bits per heavy atom. The molecule has 0 saturated carbocycles. The van der Waals surface area contributed by atoms with Crippen molar-refractivity contribution < 1.29 is 9.59 Å². The molecule has 1 saturated heterocycles. The van der Waals surface area contributed by atoms with Crippen LogP contribution in [0, 0.1) is 0 Å². The van der Waals surface area contributed by atoms with Crippen LogP contribution < -0.4 is 16.0 Å². The molecule has 1 atom stereocenters. The quantitative estimate of drug-likeness (QED) is 0.748. The van der Waals surface area contributed by atoms with Crippen LogP contribution in [0.3, 0.4) is 0 Å². The van der Waals surface area contributed by atoms with Gasteiger partial charge in [-0.1, -0.05) is 32.9 Å². The highest BCUT2D eigenvalue weighted by Crippen LogP contribution is 2.22. The minimum absolute atomic E-state index is 0. The Morgan fingerprint density at radius 3 is 2.44 bits per heavy atom. The van der Waals surface area contributed by atoms with Crippen molar-refractivity contribution in [1.29, 1.82) is 0 Å². The Hall–Kier alpha value is -1.59. The number of halogens is 1. The van der Waals surface area contributed by atoms with E-state index in [0.29, 0.717) is 18.5 Å². The van der Waals surface area contributed by atoms with Crippen LogP contribution in [-0.2, 0) is 10.2 Å². The number of hydrogen-bond donors (Lipinski definition) is 3. The standard InChI is InChI=1S/C19H29N3O2.ClH/c1-19(2,3)15-8-6-14(7-9-15)18(24)21-12-10-17(23)22-16-5-4-11-20-13-16;/h6-9,16,20H,4-5,10-13H2,1-3H3,(H,21,24)(H,22,23);1H/t16-;/m0./s1. The van der Waals surface area contributed by atoms with Crippen LogP contribution in [0.15, 0.2) is 24.3 Å². The largest absolute Gasteiger partial charge is 0.352 e. The van der Waals surface area contributed by atoms with E-state index in [1.807, 2.05) is 24.3 Å². The lowest BCUT2D eigenvalue weighted by Crippen LogP contribution is -2.46. The first-order chi connectivity index (χ1) is 11.4. The molecule has 1 aliphatic heterocycles. The van der Waals surface area contributed by atoms with E-state index in [2.05, 4.69) is 36.7 Å². The van der Waals surface area contributed by atoms with Gasteiger partial charge in [0.1, 0.15) is 0 Å². The molecule has 25 heavy (non-hydrogen) atoms. The molecule has 2 amide bonds. The van der Waals surface area contributed by atoms with Gasteiger partial charge in [-0.3, -0.25) is 9.59 Å². The molecule has 0 radical (unpaired) electrons. The fourth-order valence-corrected chi connectivity index (χ4v) is 2.79. The summed E-state index contributed by atoms with van der Waals surface area (Å²) in [4.78, 5) is 24.0. The molecule has 1 aromatic carbocycles. The van der Waals surface area contributed by atoms with Gasteiger partial charge in [0.05, 0.1) is 0 Å². The maximum absolute atomic E-state index is 12.1. The minimum Gasteiger partial charge on any atom is -0.352 e. The molecule has 3 N–H and O–H groups in total. The SMILES string of the molecule is CC(C)(C)c1ccc(C(=O)NCCC(=O)N[C@H]2CCCNC2)cc1.Cl. The molecule has 1 heterocycles. The number of carbonyl (C=O) groups is 2. The molecule has 2 rings (SSSR count). The summed E-state index contributed by atoms with van der Waals surface area (Å²) < 4.78 is 0. The monoisotopic (exact) mass is 367 g/mol. The number of benzene rings is 1. The number of carbonyl (C=O) groups excluding carboxylic acids is 2. The van der Waals surface area contributed by atoms with Crippen molar-refractivity contribution in [3.8, 4) is 0 Å². The Kier molecular flexibility index (Phi) is 8.39. The lowest BCUT2D eigenvalue weighted by atomic mass is 9.87. The second-order valence-corrected chi connectivity index (χ2v) is 7.44. The zero-order valence-corrected chi connectivity index (χ0v) is 16.2. The smallest absolute Gasteiger partial charge is 0.251 e. The summed E-state index contributed by atoms with van der Waals surface area (Å²) in [5.41, 5.74) is 1.89. The molecular weight excluding hydrogens is 338 g/mol. The van der Waals surface area contributed by atoms with Gasteiger partial charge in [-0.15, -0.1) is 12.4 Å². The average Bonchev–Trinajstić information content (AvgIpc) is 2.55. The Bertz CT molecular complexity index is 561. The molecule has 0 bridgehead atoms. The molecule has 0 aliphatic carbocycles. The van der Waals surface area contributed by atoms with E-state index in [-0.39, 0.29) is 35.7 Å². The van der Waals surface area contributed by atoms with E-state index in [1.165, 1.54) is 5.56 Å². The molecule has 1 aliphatic rings. The first kappa shape index (κ1) is 21.5. The van der Waals surface area contributed by atoms with Crippen LogP contribution in [0.4, 0.5) is 0 Å². The summed E-state index contributed by atoms with van der Waals surface area (Å²) in [5.74, 6) is -0.144. The lowest BCUT2D eigenvalue weighted by Gasteiger charge is -2.23. The third kappa shape index (κ3) is 7.04. The van der Waals surface area contributed by atoms with Gasteiger partial charge in [-0.25, -0.2) is 0 Å². The molecule has 1 aromatic rings. The number of rotatable bonds is 5. The van der Waals surface area contributed by atoms with Gasteiger partial charge in [-0.05, 0) is 42.5 Å². The average molecular weight is 368 g/mol. The third-order valence-electron chi connectivity index (χ3n) is 4.31. The molecule has 5 nitrogen and oxygen atoms in total. The van der Waals surface area contributed by atoms with Gasteiger partial charge in [0, 0.05) is 31.1 Å². The summed E-state index contributed by atoms with van der Waals surface area (Å²) in [6.45, 7) is 8.63. The second kappa shape index (κ2) is 9.78. The van der Waals surface area contributed by atoms with E-state index in [0.717, 1.165) is 25.9 Å². The summed E-state index contributed by atoms with van der Waals surface area (Å²) in [6.07, 6.45) is 2.42. The van der Waals surface area contributed by atoms with Crippen LogP contribution >= 0.6 is 12.4 Å². The number of nitrogens with one attached hydrogen (secondary N) is 3. The zero-order chi connectivity index (χ0) is 17.6. The number of amides is 2. The van der Waals surface area contributed by atoms with Gasteiger partial charge in [-0.2, -0.15) is 0 Å². The highest BCUT2D eigenvalue weighted by molar-refractivity contribution is 5.94. The molecule has 0 unspecified atom stereocenters. The van der Waals surface area contributed by atoms with Crippen molar-refractivity contribution in [2.75, 3.05) is 19.6 Å². The van der Waals surface area contributed by atoms with Crippen LogP contribution in [0.1, 0.15) is 56.0 Å². The van der Waals surface area contributed by atoms with Crippen molar-refractivity contribution in [1.82, 2.24) is 16.0 Å². The molecule has 0 spiro atoms. The van der Waals surface area contributed by atoms with Gasteiger partial charge in [0.15, 0.2) is 0 Å². The van der Waals surface area contributed by atoms with Crippen LogP contribution in [0.5, 0.6) is 0 Å². The highest BCUT2D eigenvalue weighted by Gasteiger charge is 2.16. The van der Waals surface area contributed by atoms with Crippen molar-refractivity contribution in [3.05, 3.63) is 35.4 Å². The van der Waals surface area contributed by atoms with Crippen molar-refractivity contribution in [3.63, 3.8) is 0 Å². The van der Waals surface area contributed by atoms with E-state index < -0.39 is 0 Å². The zero-order valence-electron chi connectivity index (χ0n) is 15.4. The molecule has 1 fully saturated rings. The Labute approximate surface area is 156 Å². The maximum atomic E-state index is 12.1. The third-order valence-corrected chi connectivity index (χ3v) is 4.31. The Balaban J connectivity index is 0.00000312. The Morgan fingerprint density at radius 2 is 1.88 bits per heavy atom. The first-order valence-corrected chi connectivity index (χ1v) is 8.75. The van der Waals surface area contributed by atoms with Crippen LogP contribution in [0.2, 0.25) is 0 Å². The molecule has 6 heteroatoms. The summed E-state index contributed by atoms with van der Waals surface area (Å²) in [7, 11) is 0. The lowest BCUT2D eigenvalue weighted by molar-refractivity contribution is -0.121. The van der Waals surface area contributed by atoms with E-state index >= 15 is 0 Å². The van der Waals surface area contributed by atoms with Gasteiger partial charge < -0.3 is 16.0 Å². The number of piperidine rings is 1. The van der Waals surface area contributed by atoms with Gasteiger partial charge in [0.2, 0.25) is 5.91 Å². The minimum atomic E-state index is -0.136. The molecule has 140 valence electrons. The predicted octanol–water partition coefficient (Wildman–Crippen LogP) is 2.39. The first-order valence-electron chi connectivity index (χ1n) is 8.75. The van der Waals surface area contributed by atoms with Crippen LogP contribution in [-0.4, -0.2) is 37.5 Å². The fourth-order valence-electron chi connectivity index (χ4n) is 2.79. The van der Waals surface area contributed by atoms with Gasteiger partial charge >= 0.3 is 0 Å². The normalized spacial score (nSPS) is 17.3. The molecular formula is C19H30ClN3O2. The van der Waals surface area contributed by atoms with Crippen molar-refractivity contribution in [2.24, 2.45) is 0 Å². The van der Waals surface area contributed by atoms with Crippen molar-refractivity contribution >= 4 is 24.2 Å². The summed E-state index contributed by atoms with van der Waals surface area (Å²) in [5, 5.41) is 9.08. The van der Waals surface area contributed by atoms with E-state index in [9.17, 15) is 9.59 Å². The fraction of sp³-hybridized carbons (Fsp3) is 0.579. The van der Waals surface area contributed by atoms with E-state index in [1.54, 1.807) is 0 Å². The number of hydrogen-bond acceptors (Lipinski definition) is 3. The summed E-state index contributed by atoms with van der Waals surface area (Å²) >= 11 is 0. The topological polar surface area (TPSA) is 70.2 Å². The van der Waals surface area contributed by atoms with Crippen LogP contribution in [0.25, 0.3) is 0 Å². The van der Waals surface area contributed by atoms with Gasteiger partial charge in [0.25, 0.3) is 5.91 Å². The highest BCUT2D eigenvalue weighted by atomic mass is 35.5. The molecule has 0 aromatic heterocycles. The summed E-state index contributed by atoms with van der Waals surface area (Å²) in [6, 6.07) is 7.86. The predicted molar refractivity (Wildman–Crippen MR) is 103 cm³/mol. The second-order valence-electron chi connectivity index (χ2n) is 7.44.